The number of nitrogens with zero attached hydrogens (tertiary/aromatic N) is 3. The van der Waals surface area contributed by atoms with Crippen LogP contribution in [0.2, 0.25) is 0 Å². The number of ether oxygens (including phenoxy) is 1. The van der Waals surface area contributed by atoms with Crippen LogP contribution >= 0.6 is 0 Å². The molecule has 3 aromatic rings. The van der Waals surface area contributed by atoms with Crippen molar-refractivity contribution < 1.29 is 17.9 Å². The Labute approximate surface area is 190 Å². The van der Waals surface area contributed by atoms with Crippen molar-refractivity contribution in [2.75, 3.05) is 13.1 Å². The van der Waals surface area contributed by atoms with E-state index in [-0.39, 0.29) is 17.3 Å². The topological polar surface area (TPSA) is 81.5 Å². The Morgan fingerprint density at radius 3 is 2.38 bits per heavy atom. The SMILES string of the molecule is CCN(CC)S(=O)(=O)c1ccc2c(c1)nc(CCC(=O)Oc1c(C)ccc(C)c1C)n2C. The van der Waals surface area contributed by atoms with Gasteiger partial charge in [-0.3, -0.25) is 4.79 Å². The van der Waals surface area contributed by atoms with Crippen molar-refractivity contribution in [1.29, 1.82) is 0 Å². The molecule has 0 aliphatic carbocycles. The fraction of sp³-hybridized carbons (Fsp3) is 0.417. The summed E-state index contributed by atoms with van der Waals surface area (Å²) in [5.74, 6) is 0.997. The number of aromatic nitrogens is 2. The van der Waals surface area contributed by atoms with Crippen LogP contribution in [0.15, 0.2) is 35.2 Å². The predicted octanol–water partition coefficient (Wildman–Crippen LogP) is 4.07. The van der Waals surface area contributed by atoms with Gasteiger partial charge in [-0.25, -0.2) is 13.4 Å². The van der Waals surface area contributed by atoms with Gasteiger partial charge in [-0.15, -0.1) is 0 Å². The van der Waals surface area contributed by atoms with Gasteiger partial charge in [-0.2, -0.15) is 4.31 Å². The number of sulfonamides is 1. The monoisotopic (exact) mass is 457 g/mol. The molecule has 0 saturated carbocycles. The number of hydrogen-bond donors (Lipinski definition) is 0. The van der Waals surface area contributed by atoms with Crippen molar-refractivity contribution in [3.05, 3.63) is 52.8 Å². The average Bonchev–Trinajstić information content (AvgIpc) is 3.08. The summed E-state index contributed by atoms with van der Waals surface area (Å²) in [6.07, 6.45) is 0.570. The molecule has 2 aromatic carbocycles. The number of imidazole rings is 1. The molecule has 0 spiro atoms. The number of rotatable bonds is 8. The lowest BCUT2D eigenvalue weighted by atomic mass is 10.1. The third-order valence-electron chi connectivity index (χ3n) is 5.93. The van der Waals surface area contributed by atoms with E-state index >= 15 is 0 Å². The zero-order chi connectivity index (χ0) is 23.6. The van der Waals surface area contributed by atoms with Crippen LogP contribution in [-0.2, 0) is 28.3 Å². The first-order chi connectivity index (χ1) is 15.1. The largest absolute Gasteiger partial charge is 0.426 e. The molecule has 0 atom stereocenters. The Morgan fingerprint density at radius 2 is 1.72 bits per heavy atom. The molecule has 8 heteroatoms. The lowest BCUT2D eigenvalue weighted by Gasteiger charge is -2.18. The quantitative estimate of drug-likeness (QED) is 0.376. The first kappa shape index (κ1) is 23.9. The van der Waals surface area contributed by atoms with Crippen LogP contribution in [0.1, 0.15) is 42.8 Å². The first-order valence-electron chi connectivity index (χ1n) is 10.8. The number of hydrogen-bond acceptors (Lipinski definition) is 5. The number of aryl methyl sites for hydroxylation is 4. The molecule has 3 rings (SSSR count). The highest BCUT2D eigenvalue weighted by Gasteiger charge is 2.23. The van der Waals surface area contributed by atoms with Gasteiger partial charge >= 0.3 is 5.97 Å². The van der Waals surface area contributed by atoms with Gasteiger partial charge in [0.2, 0.25) is 10.0 Å². The smallest absolute Gasteiger partial charge is 0.311 e. The Kier molecular flexibility index (Phi) is 7.05. The first-order valence-corrected chi connectivity index (χ1v) is 12.3. The molecule has 1 heterocycles. The molecular weight excluding hydrogens is 426 g/mol. The van der Waals surface area contributed by atoms with E-state index in [1.54, 1.807) is 18.2 Å². The zero-order valence-corrected chi connectivity index (χ0v) is 20.4. The summed E-state index contributed by atoms with van der Waals surface area (Å²) >= 11 is 0. The molecule has 7 nitrogen and oxygen atoms in total. The van der Waals surface area contributed by atoms with E-state index in [2.05, 4.69) is 4.98 Å². The molecule has 0 fully saturated rings. The van der Waals surface area contributed by atoms with Crippen LogP contribution in [0.5, 0.6) is 5.75 Å². The summed E-state index contributed by atoms with van der Waals surface area (Å²) in [4.78, 5) is 17.3. The Bertz CT molecular complexity index is 1260. The number of carbonyl (C=O) groups is 1. The second kappa shape index (κ2) is 9.42. The zero-order valence-electron chi connectivity index (χ0n) is 19.6. The van der Waals surface area contributed by atoms with Crippen LogP contribution < -0.4 is 4.74 Å². The normalized spacial score (nSPS) is 12.0. The molecule has 0 radical (unpaired) electrons. The highest BCUT2D eigenvalue weighted by molar-refractivity contribution is 7.89. The minimum absolute atomic E-state index is 0.175. The minimum Gasteiger partial charge on any atom is -0.426 e. The van der Waals surface area contributed by atoms with Gasteiger partial charge in [0.1, 0.15) is 11.6 Å². The van der Waals surface area contributed by atoms with Crippen LogP contribution in [0.3, 0.4) is 0 Å². The van der Waals surface area contributed by atoms with Gasteiger partial charge in [0.25, 0.3) is 0 Å². The Hall–Kier alpha value is -2.71. The maximum absolute atomic E-state index is 12.8. The Morgan fingerprint density at radius 1 is 1.06 bits per heavy atom. The molecule has 0 unspecified atom stereocenters. The van der Waals surface area contributed by atoms with E-state index in [4.69, 9.17) is 4.74 Å². The van der Waals surface area contributed by atoms with Crippen molar-refractivity contribution in [2.45, 2.75) is 52.4 Å². The van der Waals surface area contributed by atoms with Crippen LogP contribution in [0.25, 0.3) is 11.0 Å². The summed E-state index contributed by atoms with van der Waals surface area (Å²) in [6, 6.07) is 8.93. The lowest BCUT2D eigenvalue weighted by Crippen LogP contribution is -2.30. The van der Waals surface area contributed by atoms with Crippen molar-refractivity contribution in [3.8, 4) is 5.75 Å². The summed E-state index contributed by atoms with van der Waals surface area (Å²) in [5, 5.41) is 0. The highest BCUT2D eigenvalue weighted by atomic mass is 32.2. The van der Waals surface area contributed by atoms with Crippen molar-refractivity contribution in [1.82, 2.24) is 13.9 Å². The van der Waals surface area contributed by atoms with Crippen molar-refractivity contribution >= 4 is 27.0 Å². The van der Waals surface area contributed by atoms with E-state index in [0.29, 0.717) is 36.6 Å². The molecule has 172 valence electrons. The molecule has 32 heavy (non-hydrogen) atoms. The van der Waals surface area contributed by atoms with Gasteiger partial charge in [0.15, 0.2) is 0 Å². The number of esters is 1. The summed E-state index contributed by atoms with van der Waals surface area (Å²) in [5.41, 5.74) is 4.37. The van der Waals surface area contributed by atoms with Gasteiger partial charge in [0, 0.05) is 26.6 Å². The third kappa shape index (κ3) is 4.56. The summed E-state index contributed by atoms with van der Waals surface area (Å²) in [7, 11) is -1.69. The number of fused-ring (bicyclic) bond motifs is 1. The van der Waals surface area contributed by atoms with Crippen molar-refractivity contribution in [3.63, 3.8) is 0 Å². The molecule has 0 aliphatic heterocycles. The lowest BCUT2D eigenvalue weighted by molar-refractivity contribution is -0.134. The molecule has 1 aromatic heterocycles. The van der Waals surface area contributed by atoms with Crippen molar-refractivity contribution in [2.24, 2.45) is 7.05 Å². The fourth-order valence-electron chi connectivity index (χ4n) is 3.79. The standard InChI is InChI=1S/C24H31N3O4S/c1-7-27(8-2)32(29,30)19-11-12-21-20(15-19)25-22(26(21)6)13-14-23(28)31-24-17(4)10-9-16(3)18(24)5/h9-12,15H,7-8,13-14H2,1-6H3. The maximum atomic E-state index is 12.8. The van der Waals surface area contributed by atoms with E-state index in [1.807, 2.05) is 58.4 Å². The van der Waals surface area contributed by atoms with Gasteiger partial charge in [-0.1, -0.05) is 26.0 Å². The fourth-order valence-corrected chi connectivity index (χ4v) is 5.27. The molecule has 0 N–H and O–H groups in total. The van der Waals surface area contributed by atoms with Gasteiger partial charge in [-0.05, 0) is 55.7 Å². The third-order valence-corrected chi connectivity index (χ3v) is 7.98. The molecule has 0 aliphatic rings. The van der Waals surface area contributed by atoms with Gasteiger partial charge in [0.05, 0.1) is 22.3 Å². The van der Waals surface area contributed by atoms with E-state index in [1.165, 1.54) is 4.31 Å². The second-order valence-corrected chi connectivity index (χ2v) is 9.89. The van der Waals surface area contributed by atoms with E-state index < -0.39 is 10.0 Å². The van der Waals surface area contributed by atoms with Crippen LogP contribution in [0.4, 0.5) is 0 Å². The van der Waals surface area contributed by atoms with Crippen LogP contribution in [-0.4, -0.2) is 41.3 Å². The average molecular weight is 458 g/mol. The molecular formula is C24H31N3O4S. The minimum atomic E-state index is -3.56. The van der Waals surface area contributed by atoms with Crippen LogP contribution in [0, 0.1) is 20.8 Å². The summed E-state index contributed by atoms with van der Waals surface area (Å²) < 4.78 is 34.6. The predicted molar refractivity (Wildman–Crippen MR) is 125 cm³/mol. The maximum Gasteiger partial charge on any atom is 0.311 e. The molecule has 0 bridgehead atoms. The number of benzene rings is 2. The summed E-state index contributed by atoms with van der Waals surface area (Å²) in [6.45, 7) is 10.3. The molecule has 0 saturated heterocycles. The molecule has 0 amide bonds. The van der Waals surface area contributed by atoms with E-state index in [0.717, 1.165) is 22.2 Å². The second-order valence-electron chi connectivity index (χ2n) is 7.95. The number of carbonyl (C=O) groups excluding carboxylic acids is 1. The highest BCUT2D eigenvalue weighted by Crippen LogP contribution is 2.27. The Balaban J connectivity index is 1.79. The van der Waals surface area contributed by atoms with Gasteiger partial charge < -0.3 is 9.30 Å². The van der Waals surface area contributed by atoms with E-state index in [9.17, 15) is 13.2 Å².